The van der Waals surface area contributed by atoms with E-state index in [0.717, 1.165) is 17.7 Å². The SMILES string of the molecule is Cc1ccc(Cl)c(OCC(=O)NCC(=O)Nc2ccc(F)c(F)c2)c1. The minimum Gasteiger partial charge on any atom is -0.482 e. The number of ether oxygens (including phenoxy) is 1. The number of amides is 2. The second-order valence-electron chi connectivity index (χ2n) is 5.18. The third-order valence-corrected chi connectivity index (χ3v) is 3.41. The molecule has 0 atom stereocenters. The molecule has 2 N–H and O–H groups in total. The van der Waals surface area contributed by atoms with Gasteiger partial charge in [-0.05, 0) is 36.8 Å². The van der Waals surface area contributed by atoms with E-state index in [1.807, 2.05) is 6.92 Å². The second kappa shape index (κ2) is 8.43. The molecule has 0 aromatic heterocycles. The maximum absolute atomic E-state index is 13.0. The first kappa shape index (κ1) is 18.7. The van der Waals surface area contributed by atoms with Crippen LogP contribution in [-0.4, -0.2) is 25.0 Å². The minimum atomic E-state index is -1.08. The lowest BCUT2D eigenvalue weighted by Gasteiger charge is -2.10. The monoisotopic (exact) mass is 368 g/mol. The first-order valence-corrected chi connectivity index (χ1v) is 7.63. The molecule has 0 aliphatic carbocycles. The number of nitrogens with one attached hydrogen (secondary N) is 2. The Morgan fingerprint density at radius 3 is 2.56 bits per heavy atom. The molecule has 0 aliphatic rings. The Morgan fingerprint density at radius 2 is 1.84 bits per heavy atom. The summed E-state index contributed by atoms with van der Waals surface area (Å²) in [6, 6.07) is 8.09. The van der Waals surface area contributed by atoms with E-state index in [9.17, 15) is 18.4 Å². The van der Waals surface area contributed by atoms with E-state index in [2.05, 4.69) is 10.6 Å². The third-order valence-electron chi connectivity index (χ3n) is 3.09. The summed E-state index contributed by atoms with van der Waals surface area (Å²) in [6.45, 7) is 1.19. The molecular formula is C17H15ClF2N2O3. The summed E-state index contributed by atoms with van der Waals surface area (Å²) in [7, 11) is 0. The van der Waals surface area contributed by atoms with E-state index in [0.29, 0.717) is 10.8 Å². The maximum Gasteiger partial charge on any atom is 0.258 e. The minimum absolute atomic E-state index is 0.0842. The number of aryl methyl sites for hydroxylation is 1. The van der Waals surface area contributed by atoms with Crippen LogP contribution in [-0.2, 0) is 9.59 Å². The number of hydrogen-bond donors (Lipinski definition) is 2. The van der Waals surface area contributed by atoms with E-state index in [4.69, 9.17) is 16.3 Å². The van der Waals surface area contributed by atoms with E-state index >= 15 is 0 Å². The summed E-state index contributed by atoms with van der Waals surface area (Å²) < 4.78 is 31.1. The van der Waals surface area contributed by atoms with Crippen molar-refractivity contribution in [2.24, 2.45) is 0 Å². The van der Waals surface area contributed by atoms with Crippen molar-refractivity contribution in [1.82, 2.24) is 5.32 Å². The predicted molar refractivity (Wildman–Crippen MR) is 89.7 cm³/mol. The van der Waals surface area contributed by atoms with Gasteiger partial charge in [-0.3, -0.25) is 9.59 Å². The van der Waals surface area contributed by atoms with Crippen molar-refractivity contribution in [3.63, 3.8) is 0 Å². The van der Waals surface area contributed by atoms with Crippen LogP contribution in [0.5, 0.6) is 5.75 Å². The molecule has 0 unspecified atom stereocenters. The Hall–Kier alpha value is -2.67. The Balaban J connectivity index is 1.78. The zero-order valence-corrected chi connectivity index (χ0v) is 14.0. The Labute approximate surface area is 147 Å². The van der Waals surface area contributed by atoms with Crippen LogP contribution in [0.15, 0.2) is 36.4 Å². The zero-order chi connectivity index (χ0) is 18.4. The van der Waals surface area contributed by atoms with Crippen molar-refractivity contribution in [2.45, 2.75) is 6.92 Å². The van der Waals surface area contributed by atoms with Gasteiger partial charge in [0.15, 0.2) is 18.2 Å². The van der Waals surface area contributed by atoms with Gasteiger partial charge in [0, 0.05) is 11.8 Å². The molecule has 2 aromatic rings. The lowest BCUT2D eigenvalue weighted by atomic mass is 10.2. The number of carbonyl (C=O) groups is 2. The first-order valence-electron chi connectivity index (χ1n) is 7.25. The standard InChI is InChI=1S/C17H15ClF2N2O3/c1-10-2-4-12(18)15(6-10)25-9-17(24)21-8-16(23)22-11-3-5-13(19)14(20)7-11/h2-7H,8-9H2,1H3,(H,21,24)(H,22,23). The van der Waals surface area contributed by atoms with E-state index < -0.39 is 23.4 Å². The quantitative estimate of drug-likeness (QED) is 0.823. The van der Waals surface area contributed by atoms with Gasteiger partial charge in [-0.15, -0.1) is 0 Å². The van der Waals surface area contributed by atoms with Gasteiger partial charge in [-0.1, -0.05) is 17.7 Å². The first-order chi connectivity index (χ1) is 11.8. The summed E-state index contributed by atoms with van der Waals surface area (Å²) in [4.78, 5) is 23.4. The number of carbonyl (C=O) groups excluding carboxylic acids is 2. The number of halogens is 3. The molecule has 0 saturated heterocycles. The second-order valence-corrected chi connectivity index (χ2v) is 5.58. The molecule has 0 saturated carbocycles. The molecule has 0 aliphatic heterocycles. The van der Waals surface area contributed by atoms with Gasteiger partial charge >= 0.3 is 0 Å². The highest BCUT2D eigenvalue weighted by Gasteiger charge is 2.10. The highest BCUT2D eigenvalue weighted by Crippen LogP contribution is 2.25. The summed E-state index contributed by atoms with van der Waals surface area (Å²) in [5.74, 6) is -2.85. The molecule has 0 bridgehead atoms. The summed E-state index contributed by atoms with van der Waals surface area (Å²) in [5, 5.41) is 5.05. The maximum atomic E-state index is 13.0. The molecule has 0 heterocycles. The molecule has 8 heteroatoms. The number of benzene rings is 2. The van der Waals surface area contributed by atoms with Crippen molar-refractivity contribution < 1.29 is 23.1 Å². The predicted octanol–water partition coefficient (Wildman–Crippen LogP) is 3.06. The average molecular weight is 369 g/mol. The van der Waals surface area contributed by atoms with Crippen LogP contribution in [0, 0.1) is 18.6 Å². The molecule has 0 fully saturated rings. The molecule has 5 nitrogen and oxygen atoms in total. The topological polar surface area (TPSA) is 67.4 Å². The molecule has 2 amide bonds. The van der Waals surface area contributed by atoms with Crippen molar-refractivity contribution >= 4 is 29.1 Å². The number of hydrogen-bond acceptors (Lipinski definition) is 3. The molecule has 0 spiro atoms. The van der Waals surface area contributed by atoms with Crippen LogP contribution in [0.3, 0.4) is 0 Å². The molecular weight excluding hydrogens is 354 g/mol. The van der Waals surface area contributed by atoms with Gasteiger partial charge in [0.1, 0.15) is 5.75 Å². The van der Waals surface area contributed by atoms with Crippen LogP contribution in [0.4, 0.5) is 14.5 Å². The number of anilines is 1. The highest BCUT2D eigenvalue weighted by atomic mass is 35.5. The van der Waals surface area contributed by atoms with Gasteiger partial charge in [0.05, 0.1) is 11.6 Å². The Bertz CT molecular complexity index is 799. The average Bonchev–Trinajstić information content (AvgIpc) is 2.57. The molecule has 25 heavy (non-hydrogen) atoms. The summed E-state index contributed by atoms with van der Waals surface area (Å²) in [6.07, 6.45) is 0. The van der Waals surface area contributed by atoms with Crippen LogP contribution in [0.2, 0.25) is 5.02 Å². The van der Waals surface area contributed by atoms with Crippen molar-refractivity contribution in [3.05, 3.63) is 58.6 Å². The molecule has 2 rings (SSSR count). The normalized spacial score (nSPS) is 10.2. The zero-order valence-electron chi connectivity index (χ0n) is 13.2. The molecule has 0 radical (unpaired) electrons. The van der Waals surface area contributed by atoms with Gasteiger partial charge < -0.3 is 15.4 Å². The molecule has 2 aromatic carbocycles. The largest absolute Gasteiger partial charge is 0.482 e. The van der Waals surface area contributed by atoms with Gasteiger partial charge in [0.25, 0.3) is 5.91 Å². The Morgan fingerprint density at radius 1 is 1.08 bits per heavy atom. The fourth-order valence-corrected chi connectivity index (χ4v) is 2.05. The molecule has 132 valence electrons. The highest BCUT2D eigenvalue weighted by molar-refractivity contribution is 6.32. The van der Waals surface area contributed by atoms with Crippen molar-refractivity contribution in [2.75, 3.05) is 18.5 Å². The van der Waals surface area contributed by atoms with Crippen LogP contribution < -0.4 is 15.4 Å². The lowest BCUT2D eigenvalue weighted by Crippen LogP contribution is -2.35. The van der Waals surface area contributed by atoms with Crippen molar-refractivity contribution in [1.29, 1.82) is 0 Å². The Kier molecular flexibility index (Phi) is 6.30. The smallest absolute Gasteiger partial charge is 0.258 e. The van der Waals surface area contributed by atoms with Crippen molar-refractivity contribution in [3.8, 4) is 5.75 Å². The summed E-state index contributed by atoms with van der Waals surface area (Å²) >= 11 is 5.94. The van der Waals surface area contributed by atoms with Crippen LogP contribution in [0.1, 0.15) is 5.56 Å². The fourth-order valence-electron chi connectivity index (χ4n) is 1.87. The van der Waals surface area contributed by atoms with Crippen LogP contribution >= 0.6 is 11.6 Å². The summed E-state index contributed by atoms with van der Waals surface area (Å²) in [5.41, 5.74) is 1.01. The van der Waals surface area contributed by atoms with Crippen LogP contribution in [0.25, 0.3) is 0 Å². The van der Waals surface area contributed by atoms with Gasteiger partial charge in [0.2, 0.25) is 5.91 Å². The van der Waals surface area contributed by atoms with E-state index in [1.165, 1.54) is 6.07 Å². The fraction of sp³-hybridized carbons (Fsp3) is 0.176. The van der Waals surface area contributed by atoms with Gasteiger partial charge in [-0.25, -0.2) is 8.78 Å². The van der Waals surface area contributed by atoms with E-state index in [1.54, 1.807) is 18.2 Å². The number of rotatable bonds is 6. The van der Waals surface area contributed by atoms with Gasteiger partial charge in [-0.2, -0.15) is 0 Å². The third kappa shape index (κ3) is 5.72. The lowest BCUT2D eigenvalue weighted by molar-refractivity contribution is -0.125. The van der Waals surface area contributed by atoms with E-state index in [-0.39, 0.29) is 18.8 Å².